The zero-order valence-electron chi connectivity index (χ0n) is 20.9. The normalized spacial score (nSPS) is 12.4. The molecule has 4 heterocycles. The first-order valence-corrected chi connectivity index (χ1v) is 13.6. The van der Waals surface area contributed by atoms with E-state index in [1.807, 2.05) is 0 Å². The van der Waals surface area contributed by atoms with E-state index >= 15 is 0 Å². The van der Waals surface area contributed by atoms with Crippen molar-refractivity contribution >= 4 is 20.7 Å². The van der Waals surface area contributed by atoms with Gasteiger partial charge in [-0.2, -0.15) is 9.78 Å². The van der Waals surface area contributed by atoms with E-state index < -0.39 is 21.7 Å². The monoisotopic (exact) mass is 557 g/mol. The van der Waals surface area contributed by atoms with Crippen molar-refractivity contribution in [3.63, 3.8) is 0 Å². The lowest BCUT2D eigenvalue weighted by Gasteiger charge is -2.14. The van der Waals surface area contributed by atoms with Gasteiger partial charge < -0.3 is 14.1 Å². The number of benzene rings is 1. The number of aromatic nitrogens is 5. The SMILES string of the molecule is Cn1cc(-c2cccc(CS(C)(=O)=O)c2)c(-c2cn(C)c(=O)c3[nH]c(-c4cnn(C(F)(F)F)c4)cc23)cc1=O. The van der Waals surface area contributed by atoms with E-state index in [0.717, 1.165) is 18.6 Å². The minimum Gasteiger partial charge on any atom is -0.350 e. The molecular formula is C26H22F3N5O4S. The minimum atomic E-state index is -4.70. The summed E-state index contributed by atoms with van der Waals surface area (Å²) in [5, 5.41) is 3.76. The van der Waals surface area contributed by atoms with E-state index in [-0.39, 0.29) is 32.8 Å². The molecule has 0 spiro atoms. The largest absolute Gasteiger partial charge is 0.504 e. The molecule has 13 heteroatoms. The second-order valence-corrected chi connectivity index (χ2v) is 11.5. The number of aromatic amines is 1. The first-order valence-electron chi connectivity index (χ1n) is 11.5. The highest BCUT2D eigenvalue weighted by molar-refractivity contribution is 7.89. The van der Waals surface area contributed by atoms with Crippen LogP contribution in [0, 0.1) is 0 Å². The van der Waals surface area contributed by atoms with Crippen molar-refractivity contribution in [1.82, 2.24) is 23.9 Å². The number of hydrogen-bond donors (Lipinski definition) is 1. The van der Waals surface area contributed by atoms with Crippen LogP contribution >= 0.6 is 0 Å². The summed E-state index contributed by atoms with van der Waals surface area (Å²) in [7, 11) is -0.187. The molecule has 0 aliphatic heterocycles. The molecule has 0 saturated heterocycles. The van der Waals surface area contributed by atoms with Crippen LogP contribution < -0.4 is 11.1 Å². The van der Waals surface area contributed by atoms with E-state index in [1.165, 1.54) is 22.2 Å². The number of alkyl halides is 3. The van der Waals surface area contributed by atoms with Gasteiger partial charge in [0.1, 0.15) is 5.52 Å². The molecule has 0 bridgehead atoms. The van der Waals surface area contributed by atoms with Crippen molar-refractivity contribution in [2.75, 3.05) is 6.26 Å². The van der Waals surface area contributed by atoms with Crippen molar-refractivity contribution < 1.29 is 21.6 Å². The average Bonchev–Trinajstić information content (AvgIpc) is 3.50. The summed E-state index contributed by atoms with van der Waals surface area (Å²) >= 11 is 0. The van der Waals surface area contributed by atoms with Crippen molar-refractivity contribution in [3.05, 3.63) is 87.5 Å². The van der Waals surface area contributed by atoms with Gasteiger partial charge in [0.15, 0.2) is 9.84 Å². The molecule has 1 N–H and O–H groups in total. The van der Waals surface area contributed by atoms with Crippen molar-refractivity contribution in [2.45, 2.75) is 12.1 Å². The van der Waals surface area contributed by atoms with E-state index in [2.05, 4.69) is 10.1 Å². The fraction of sp³-hybridized carbons (Fsp3) is 0.192. The highest BCUT2D eigenvalue weighted by Gasteiger charge is 2.32. The third kappa shape index (κ3) is 5.04. The lowest BCUT2D eigenvalue weighted by atomic mass is 9.94. The first kappa shape index (κ1) is 26.2. The van der Waals surface area contributed by atoms with Gasteiger partial charge in [-0.15, -0.1) is 13.2 Å². The highest BCUT2D eigenvalue weighted by atomic mass is 32.2. The fourth-order valence-corrected chi connectivity index (χ4v) is 5.30. The number of halogens is 3. The molecule has 5 aromatic rings. The van der Waals surface area contributed by atoms with Gasteiger partial charge in [-0.25, -0.2) is 8.42 Å². The molecule has 0 saturated carbocycles. The smallest absolute Gasteiger partial charge is 0.350 e. The maximum absolute atomic E-state index is 13.1. The molecule has 9 nitrogen and oxygen atoms in total. The van der Waals surface area contributed by atoms with Crippen molar-refractivity contribution in [2.24, 2.45) is 14.1 Å². The minimum absolute atomic E-state index is 0.120. The molecule has 0 radical (unpaired) electrons. The molecule has 1 aromatic carbocycles. The van der Waals surface area contributed by atoms with Gasteiger partial charge in [0.2, 0.25) is 0 Å². The zero-order chi connectivity index (χ0) is 28.3. The predicted octanol–water partition coefficient (Wildman–Crippen LogP) is 3.78. The number of nitrogens with one attached hydrogen (secondary N) is 1. The maximum atomic E-state index is 13.1. The molecule has 0 fully saturated rings. The summed E-state index contributed by atoms with van der Waals surface area (Å²) in [6.07, 6.45) is 1.47. The topological polar surface area (TPSA) is 112 Å². The van der Waals surface area contributed by atoms with E-state index in [9.17, 15) is 31.2 Å². The summed E-state index contributed by atoms with van der Waals surface area (Å²) in [5.41, 5.74) is 2.51. The van der Waals surface area contributed by atoms with Crippen LogP contribution in [-0.2, 0) is 36.0 Å². The van der Waals surface area contributed by atoms with Crippen LogP contribution in [0.5, 0.6) is 0 Å². The molecule has 4 aromatic heterocycles. The van der Waals surface area contributed by atoms with Crippen molar-refractivity contribution in [3.8, 4) is 33.5 Å². The number of aryl methyl sites for hydroxylation is 2. The molecule has 0 aliphatic carbocycles. The lowest BCUT2D eigenvalue weighted by Crippen LogP contribution is -2.18. The van der Waals surface area contributed by atoms with Gasteiger partial charge in [-0.05, 0) is 22.8 Å². The standard InChI is InChI=1S/C26H22F3N5O4S/c1-32-12-20(16-6-4-5-15(7-16)14-39(3,37)38)18(9-23(32)35)21-13-33(2)25(36)24-19(21)8-22(31-24)17-10-30-34(11-17)26(27,28)29/h4-13,31H,14H2,1-3H3. The number of H-pyrrole nitrogens is 1. The summed E-state index contributed by atoms with van der Waals surface area (Å²) in [4.78, 5) is 28.6. The Balaban J connectivity index is 1.75. The van der Waals surface area contributed by atoms with Crippen LogP contribution in [-0.4, -0.2) is 38.6 Å². The van der Waals surface area contributed by atoms with Crippen LogP contribution in [0.25, 0.3) is 44.4 Å². The van der Waals surface area contributed by atoms with E-state index in [0.29, 0.717) is 33.2 Å². The quantitative estimate of drug-likeness (QED) is 0.354. The number of hydrogen-bond acceptors (Lipinski definition) is 5. The van der Waals surface area contributed by atoms with Gasteiger partial charge in [-0.3, -0.25) is 9.59 Å². The number of nitrogens with zero attached hydrogens (tertiary/aromatic N) is 4. The Labute approximate surface area is 219 Å². The molecule has 202 valence electrons. The van der Waals surface area contributed by atoms with Gasteiger partial charge >= 0.3 is 6.30 Å². The Kier molecular flexibility index (Phi) is 6.13. The lowest BCUT2D eigenvalue weighted by molar-refractivity contribution is -0.212. The molecule has 5 rings (SSSR count). The molecule has 0 aliphatic rings. The fourth-order valence-electron chi connectivity index (χ4n) is 4.52. The van der Waals surface area contributed by atoms with Gasteiger partial charge in [0.05, 0.1) is 11.9 Å². The first-order chi connectivity index (χ1) is 18.2. The van der Waals surface area contributed by atoms with Crippen LogP contribution in [0.3, 0.4) is 0 Å². The Morgan fingerprint density at radius 1 is 0.923 bits per heavy atom. The highest BCUT2D eigenvalue weighted by Crippen LogP contribution is 2.36. The van der Waals surface area contributed by atoms with E-state index in [4.69, 9.17) is 0 Å². The van der Waals surface area contributed by atoms with Crippen LogP contribution in [0.15, 0.2) is 70.8 Å². The van der Waals surface area contributed by atoms with Crippen LogP contribution in [0.2, 0.25) is 0 Å². The second-order valence-electron chi connectivity index (χ2n) is 9.39. The number of rotatable bonds is 5. The average molecular weight is 558 g/mol. The van der Waals surface area contributed by atoms with Crippen LogP contribution in [0.1, 0.15) is 5.56 Å². The van der Waals surface area contributed by atoms with E-state index in [1.54, 1.807) is 49.8 Å². The Bertz CT molecular complexity index is 1980. The molecule has 0 unspecified atom stereocenters. The van der Waals surface area contributed by atoms with Gasteiger partial charge in [0.25, 0.3) is 11.1 Å². The summed E-state index contributed by atoms with van der Waals surface area (Å²) in [5.74, 6) is -0.168. The molecular weight excluding hydrogens is 535 g/mol. The van der Waals surface area contributed by atoms with Crippen LogP contribution in [0.4, 0.5) is 13.2 Å². The number of fused-ring (bicyclic) bond motifs is 1. The maximum Gasteiger partial charge on any atom is 0.504 e. The van der Waals surface area contributed by atoms with Crippen molar-refractivity contribution in [1.29, 1.82) is 0 Å². The Morgan fingerprint density at radius 3 is 2.31 bits per heavy atom. The molecule has 0 amide bonds. The van der Waals surface area contributed by atoms with Gasteiger partial charge in [0, 0.05) is 72.8 Å². The zero-order valence-corrected chi connectivity index (χ0v) is 21.8. The number of pyridine rings is 2. The third-order valence-corrected chi connectivity index (χ3v) is 7.16. The predicted molar refractivity (Wildman–Crippen MR) is 141 cm³/mol. The number of sulfone groups is 1. The second kappa shape index (κ2) is 9.12. The summed E-state index contributed by atoms with van der Waals surface area (Å²) in [6, 6.07) is 9.86. The summed E-state index contributed by atoms with van der Waals surface area (Å²) in [6.45, 7) is 0. The Hall–Kier alpha value is -4.39. The molecule has 0 atom stereocenters. The third-order valence-electron chi connectivity index (χ3n) is 6.30. The Morgan fingerprint density at radius 2 is 1.64 bits per heavy atom. The van der Waals surface area contributed by atoms with Gasteiger partial charge in [-0.1, -0.05) is 24.3 Å². The summed E-state index contributed by atoms with van der Waals surface area (Å²) < 4.78 is 65.6. The molecule has 39 heavy (non-hydrogen) atoms.